The van der Waals surface area contributed by atoms with Gasteiger partial charge in [-0.2, -0.15) is 4.85 Å². The van der Waals surface area contributed by atoms with Crippen molar-refractivity contribution in [3.63, 3.8) is 0 Å². The Bertz CT molecular complexity index is 199. The third-order valence-corrected chi connectivity index (χ3v) is 0.968. The SMILES string of the molecule is [C-]#[N+]C(=O)CCCN=C(N)N. The molecule has 0 radical (unpaired) electrons. The Balaban J connectivity index is 3.38. The fourth-order valence-corrected chi connectivity index (χ4v) is 0.494. The van der Waals surface area contributed by atoms with Crippen molar-refractivity contribution < 1.29 is 4.79 Å². The lowest BCUT2D eigenvalue weighted by Crippen LogP contribution is -2.23. The standard InChI is InChI=1S/C6H10N4O/c1-9-5(11)3-2-4-10-6(7)8/h2-4H2,(H4,7,8,10). The van der Waals surface area contributed by atoms with Crippen molar-refractivity contribution in [3.05, 3.63) is 11.4 Å². The average molecular weight is 154 g/mol. The maximum atomic E-state index is 10.4. The molecule has 0 fully saturated rings. The minimum Gasteiger partial charge on any atom is -0.370 e. The molecule has 0 aromatic rings. The van der Waals surface area contributed by atoms with Crippen molar-refractivity contribution in [3.8, 4) is 0 Å². The summed E-state index contributed by atoms with van der Waals surface area (Å²) < 4.78 is 0. The van der Waals surface area contributed by atoms with Crippen LogP contribution in [-0.4, -0.2) is 18.4 Å². The zero-order valence-corrected chi connectivity index (χ0v) is 6.08. The lowest BCUT2D eigenvalue weighted by molar-refractivity contribution is -0.114. The van der Waals surface area contributed by atoms with E-state index in [1.807, 2.05) is 0 Å². The van der Waals surface area contributed by atoms with E-state index < -0.39 is 5.91 Å². The Morgan fingerprint density at radius 2 is 2.18 bits per heavy atom. The van der Waals surface area contributed by atoms with Gasteiger partial charge in [-0.1, -0.05) is 0 Å². The molecular formula is C6H10N4O. The smallest absolute Gasteiger partial charge is 0.355 e. The highest BCUT2D eigenvalue weighted by Gasteiger charge is 1.97. The number of amides is 1. The first-order valence-electron chi connectivity index (χ1n) is 3.12. The minimum atomic E-state index is -0.448. The van der Waals surface area contributed by atoms with E-state index in [1.54, 1.807) is 0 Å². The molecule has 0 spiro atoms. The molecule has 0 aromatic carbocycles. The molecule has 0 aliphatic carbocycles. The number of carbonyl (C=O) groups is 1. The fourth-order valence-electron chi connectivity index (χ4n) is 0.494. The van der Waals surface area contributed by atoms with Gasteiger partial charge in [-0.3, -0.25) is 4.99 Å². The van der Waals surface area contributed by atoms with Crippen LogP contribution < -0.4 is 11.5 Å². The van der Waals surface area contributed by atoms with Crippen LogP contribution in [0.5, 0.6) is 0 Å². The van der Waals surface area contributed by atoms with Gasteiger partial charge in [0.05, 0.1) is 6.57 Å². The monoisotopic (exact) mass is 154 g/mol. The van der Waals surface area contributed by atoms with Crippen molar-refractivity contribution in [1.29, 1.82) is 0 Å². The van der Waals surface area contributed by atoms with E-state index in [4.69, 9.17) is 18.0 Å². The van der Waals surface area contributed by atoms with Gasteiger partial charge in [0.25, 0.3) is 0 Å². The highest BCUT2D eigenvalue weighted by atomic mass is 16.1. The molecular weight excluding hydrogens is 144 g/mol. The summed E-state index contributed by atoms with van der Waals surface area (Å²) in [6.07, 6.45) is 0.749. The van der Waals surface area contributed by atoms with E-state index >= 15 is 0 Å². The van der Waals surface area contributed by atoms with Gasteiger partial charge in [-0.25, -0.2) is 0 Å². The summed E-state index contributed by atoms with van der Waals surface area (Å²) in [4.78, 5) is 16.7. The Kier molecular flexibility index (Phi) is 4.49. The molecule has 0 aliphatic heterocycles. The van der Waals surface area contributed by atoms with Gasteiger partial charge in [0, 0.05) is 13.0 Å². The second kappa shape index (κ2) is 5.23. The Labute approximate surface area is 64.9 Å². The number of aliphatic imine (C=N–C) groups is 1. The maximum Gasteiger partial charge on any atom is 0.355 e. The molecule has 1 amide bonds. The zero-order valence-electron chi connectivity index (χ0n) is 6.08. The molecule has 5 heteroatoms. The van der Waals surface area contributed by atoms with Crippen LogP contribution in [0.15, 0.2) is 4.99 Å². The van der Waals surface area contributed by atoms with Gasteiger partial charge in [0.1, 0.15) is 0 Å². The summed E-state index contributed by atoms with van der Waals surface area (Å²) in [5, 5.41) is 0. The number of hydrogen-bond acceptors (Lipinski definition) is 2. The Morgan fingerprint density at radius 1 is 1.55 bits per heavy atom. The quantitative estimate of drug-likeness (QED) is 0.247. The summed E-state index contributed by atoms with van der Waals surface area (Å²) >= 11 is 0. The van der Waals surface area contributed by atoms with Crippen molar-refractivity contribution >= 4 is 11.9 Å². The average Bonchev–Trinajstić information content (AvgIpc) is 1.97. The van der Waals surface area contributed by atoms with E-state index in [9.17, 15) is 4.79 Å². The summed E-state index contributed by atoms with van der Waals surface area (Å²) in [6, 6.07) is 0. The molecule has 0 aromatic heterocycles. The first-order chi connectivity index (χ1) is 5.16. The Hall–Kier alpha value is -1.57. The van der Waals surface area contributed by atoms with Gasteiger partial charge >= 0.3 is 5.91 Å². The number of hydrogen-bond donors (Lipinski definition) is 2. The summed E-state index contributed by atoms with van der Waals surface area (Å²) in [5.41, 5.74) is 10.0. The third-order valence-electron chi connectivity index (χ3n) is 0.968. The number of guanidine groups is 1. The molecule has 5 nitrogen and oxygen atoms in total. The fraction of sp³-hybridized carbons (Fsp3) is 0.500. The normalized spacial score (nSPS) is 8.27. The third kappa shape index (κ3) is 6.31. The van der Waals surface area contributed by atoms with Crippen molar-refractivity contribution in [1.82, 2.24) is 0 Å². The molecule has 0 aliphatic rings. The van der Waals surface area contributed by atoms with Crippen LogP contribution in [0.3, 0.4) is 0 Å². The number of rotatable bonds is 4. The van der Waals surface area contributed by atoms with Crippen LogP contribution in [0.4, 0.5) is 0 Å². The van der Waals surface area contributed by atoms with E-state index in [2.05, 4.69) is 9.84 Å². The summed E-state index contributed by atoms with van der Waals surface area (Å²) in [6.45, 7) is 6.73. The first-order valence-corrected chi connectivity index (χ1v) is 3.12. The van der Waals surface area contributed by atoms with Crippen molar-refractivity contribution in [2.24, 2.45) is 16.5 Å². The highest BCUT2D eigenvalue weighted by Crippen LogP contribution is 1.91. The van der Waals surface area contributed by atoms with Crippen LogP contribution in [0, 0.1) is 6.57 Å². The second-order valence-electron chi connectivity index (χ2n) is 1.92. The van der Waals surface area contributed by atoms with Crippen LogP contribution in [-0.2, 0) is 4.79 Å². The van der Waals surface area contributed by atoms with Gasteiger partial charge in [0.2, 0.25) is 0 Å². The van der Waals surface area contributed by atoms with Crippen LogP contribution in [0.1, 0.15) is 12.8 Å². The lowest BCUT2D eigenvalue weighted by Gasteiger charge is -1.91. The number of nitrogens with two attached hydrogens (primary N) is 2. The molecule has 0 rings (SSSR count). The Morgan fingerprint density at radius 3 is 2.64 bits per heavy atom. The lowest BCUT2D eigenvalue weighted by atomic mass is 10.3. The molecule has 60 valence electrons. The van der Waals surface area contributed by atoms with Crippen LogP contribution in [0.25, 0.3) is 4.85 Å². The maximum absolute atomic E-state index is 10.4. The van der Waals surface area contributed by atoms with Gasteiger partial charge in [-0.05, 0) is 6.42 Å². The number of carbonyl (C=O) groups excluding carboxylic acids is 1. The predicted octanol–water partition coefficient (Wildman–Crippen LogP) is -0.514. The molecule has 4 N–H and O–H groups in total. The second-order valence-corrected chi connectivity index (χ2v) is 1.92. The largest absolute Gasteiger partial charge is 0.370 e. The molecule has 0 heterocycles. The van der Waals surface area contributed by atoms with Crippen molar-refractivity contribution in [2.45, 2.75) is 12.8 Å². The molecule has 0 atom stereocenters. The topological polar surface area (TPSA) is 85.8 Å². The summed E-state index contributed by atoms with van der Waals surface area (Å²) in [5.74, 6) is -0.434. The number of nitrogens with zero attached hydrogens (tertiary/aromatic N) is 2. The van der Waals surface area contributed by atoms with Gasteiger partial charge in [-0.15, -0.1) is 0 Å². The van der Waals surface area contributed by atoms with Crippen LogP contribution in [0.2, 0.25) is 0 Å². The molecule has 11 heavy (non-hydrogen) atoms. The molecule has 0 saturated carbocycles. The van der Waals surface area contributed by atoms with Crippen LogP contribution >= 0.6 is 0 Å². The predicted molar refractivity (Wildman–Crippen MR) is 41.5 cm³/mol. The van der Waals surface area contributed by atoms with Gasteiger partial charge in [0.15, 0.2) is 5.96 Å². The highest BCUT2D eigenvalue weighted by molar-refractivity contribution is 5.85. The van der Waals surface area contributed by atoms with E-state index in [-0.39, 0.29) is 12.4 Å². The van der Waals surface area contributed by atoms with Gasteiger partial charge < -0.3 is 16.3 Å². The molecule has 0 bridgehead atoms. The zero-order chi connectivity index (χ0) is 8.69. The molecule has 0 saturated heterocycles. The summed E-state index contributed by atoms with van der Waals surface area (Å²) in [7, 11) is 0. The van der Waals surface area contributed by atoms with E-state index in [1.165, 1.54) is 0 Å². The first kappa shape index (κ1) is 9.43. The molecule has 0 unspecified atom stereocenters. The van der Waals surface area contributed by atoms with E-state index in [0.717, 1.165) is 0 Å². The minimum absolute atomic E-state index is 0.0141. The van der Waals surface area contributed by atoms with E-state index in [0.29, 0.717) is 13.0 Å². The van der Waals surface area contributed by atoms with Crippen molar-refractivity contribution in [2.75, 3.05) is 6.54 Å².